The van der Waals surface area contributed by atoms with Gasteiger partial charge in [0.15, 0.2) is 5.69 Å². The third kappa shape index (κ3) is 3.69. The van der Waals surface area contributed by atoms with Crippen molar-refractivity contribution in [2.45, 2.75) is 0 Å². The molecule has 26 heavy (non-hydrogen) atoms. The maximum absolute atomic E-state index is 12.3. The number of hydrogen-bond donors (Lipinski definition) is 4. The molecule has 0 radical (unpaired) electrons. The highest BCUT2D eigenvalue weighted by Crippen LogP contribution is 2.12. The number of aromatic nitrogens is 2. The second kappa shape index (κ2) is 7.47. The highest BCUT2D eigenvalue weighted by atomic mass is 16.3. The van der Waals surface area contributed by atoms with Gasteiger partial charge in [-0.05, 0) is 30.3 Å². The Morgan fingerprint density at radius 1 is 0.923 bits per heavy atom. The van der Waals surface area contributed by atoms with Crippen LogP contribution in [0.2, 0.25) is 0 Å². The summed E-state index contributed by atoms with van der Waals surface area (Å²) in [6.07, 6.45) is 0. The van der Waals surface area contributed by atoms with E-state index in [1.165, 1.54) is 24.3 Å². The minimum atomic E-state index is -0.448. The lowest BCUT2D eigenvalue weighted by Gasteiger charge is -2.08. The molecule has 0 aliphatic rings. The Morgan fingerprint density at radius 2 is 1.54 bits per heavy atom. The number of aromatic hydroxyl groups is 1. The van der Waals surface area contributed by atoms with Gasteiger partial charge in [0.1, 0.15) is 5.75 Å². The summed E-state index contributed by atoms with van der Waals surface area (Å²) in [6, 6.07) is 12.5. The topological polar surface area (TPSA) is 124 Å². The van der Waals surface area contributed by atoms with Gasteiger partial charge in [0.05, 0.1) is 5.39 Å². The molecule has 8 nitrogen and oxygen atoms in total. The van der Waals surface area contributed by atoms with Crippen LogP contribution in [-0.4, -0.2) is 40.2 Å². The highest BCUT2D eigenvalue weighted by Gasteiger charge is 2.13. The van der Waals surface area contributed by atoms with Crippen molar-refractivity contribution in [3.8, 4) is 5.75 Å². The Hall–Kier alpha value is -3.68. The number of fused-ring (bicyclic) bond motifs is 1. The summed E-state index contributed by atoms with van der Waals surface area (Å²) in [5.74, 6) is -0.683. The van der Waals surface area contributed by atoms with Gasteiger partial charge in [0.25, 0.3) is 17.4 Å². The molecule has 0 aliphatic carbocycles. The summed E-state index contributed by atoms with van der Waals surface area (Å²) in [5, 5.41) is 21.5. The van der Waals surface area contributed by atoms with E-state index >= 15 is 0 Å². The Labute approximate surface area is 147 Å². The molecule has 0 spiro atoms. The molecule has 132 valence electrons. The fourth-order valence-corrected chi connectivity index (χ4v) is 2.44. The van der Waals surface area contributed by atoms with Crippen LogP contribution >= 0.6 is 0 Å². The first-order valence-corrected chi connectivity index (χ1v) is 7.89. The van der Waals surface area contributed by atoms with Gasteiger partial charge in [-0.15, -0.1) is 0 Å². The van der Waals surface area contributed by atoms with Gasteiger partial charge in [0, 0.05) is 24.0 Å². The minimum absolute atomic E-state index is 0.0782. The molecule has 2 aromatic carbocycles. The molecule has 2 amide bonds. The van der Waals surface area contributed by atoms with Gasteiger partial charge in [-0.2, -0.15) is 5.10 Å². The first-order chi connectivity index (χ1) is 12.6. The number of phenolic OH excluding ortho intramolecular Hbond substituents is 1. The summed E-state index contributed by atoms with van der Waals surface area (Å²) < 4.78 is 0. The largest absolute Gasteiger partial charge is 0.508 e. The fraction of sp³-hybridized carbons (Fsp3) is 0.111. The minimum Gasteiger partial charge on any atom is -0.508 e. The monoisotopic (exact) mass is 352 g/mol. The van der Waals surface area contributed by atoms with Crippen LogP contribution in [0.3, 0.4) is 0 Å². The number of nitrogens with one attached hydrogen (secondary N) is 3. The normalized spacial score (nSPS) is 10.5. The summed E-state index contributed by atoms with van der Waals surface area (Å²) in [4.78, 5) is 35.9. The van der Waals surface area contributed by atoms with Crippen molar-refractivity contribution in [3.63, 3.8) is 0 Å². The molecule has 0 bridgehead atoms. The molecule has 0 atom stereocenters. The van der Waals surface area contributed by atoms with E-state index in [1.54, 1.807) is 24.3 Å². The lowest BCUT2D eigenvalue weighted by atomic mass is 10.1. The average molecular weight is 352 g/mol. The second-order valence-corrected chi connectivity index (χ2v) is 5.51. The average Bonchev–Trinajstić information content (AvgIpc) is 2.66. The number of H-pyrrole nitrogens is 1. The molecular weight excluding hydrogens is 336 g/mol. The van der Waals surface area contributed by atoms with E-state index in [9.17, 15) is 19.5 Å². The van der Waals surface area contributed by atoms with Crippen LogP contribution in [0.5, 0.6) is 5.75 Å². The summed E-state index contributed by atoms with van der Waals surface area (Å²) in [6.45, 7) is 0.407. The molecule has 0 saturated carbocycles. The number of phenols is 1. The number of rotatable bonds is 5. The van der Waals surface area contributed by atoms with Crippen molar-refractivity contribution in [1.82, 2.24) is 20.8 Å². The first-order valence-electron chi connectivity index (χ1n) is 7.89. The van der Waals surface area contributed by atoms with E-state index < -0.39 is 5.91 Å². The summed E-state index contributed by atoms with van der Waals surface area (Å²) in [7, 11) is 0. The van der Waals surface area contributed by atoms with E-state index in [0.717, 1.165) is 0 Å². The zero-order valence-electron chi connectivity index (χ0n) is 13.7. The quantitative estimate of drug-likeness (QED) is 0.505. The van der Waals surface area contributed by atoms with Gasteiger partial charge in [-0.25, -0.2) is 5.10 Å². The summed E-state index contributed by atoms with van der Waals surface area (Å²) >= 11 is 0. The van der Waals surface area contributed by atoms with Crippen molar-refractivity contribution in [3.05, 3.63) is 70.1 Å². The molecule has 0 aliphatic heterocycles. The molecule has 8 heteroatoms. The Bertz CT molecular complexity index is 1010. The van der Waals surface area contributed by atoms with E-state index in [-0.39, 0.29) is 36.0 Å². The van der Waals surface area contributed by atoms with Gasteiger partial charge in [-0.1, -0.05) is 18.2 Å². The predicted molar refractivity (Wildman–Crippen MR) is 95.1 cm³/mol. The van der Waals surface area contributed by atoms with E-state index in [0.29, 0.717) is 16.3 Å². The number of aromatic amines is 1. The molecule has 0 fully saturated rings. The van der Waals surface area contributed by atoms with Crippen LogP contribution in [0.25, 0.3) is 10.8 Å². The molecular formula is C18H16N4O4. The number of carbonyl (C=O) groups is 2. The number of hydrogen-bond acceptors (Lipinski definition) is 5. The number of carbonyl (C=O) groups excluding carboxylic acids is 2. The molecule has 4 N–H and O–H groups in total. The van der Waals surface area contributed by atoms with Crippen molar-refractivity contribution in [2.75, 3.05) is 13.1 Å². The number of amides is 2. The fourth-order valence-electron chi connectivity index (χ4n) is 2.44. The predicted octanol–water partition coefficient (Wildman–Crippen LogP) is 0.789. The number of benzene rings is 2. The maximum atomic E-state index is 12.3. The third-order valence-electron chi connectivity index (χ3n) is 3.74. The third-order valence-corrected chi connectivity index (χ3v) is 3.74. The van der Waals surface area contributed by atoms with Gasteiger partial charge < -0.3 is 15.7 Å². The molecule has 3 aromatic rings. The SMILES string of the molecule is O=C(NCCNC(=O)c1n[nH]c(=O)c2ccccc12)c1ccc(O)cc1. The highest BCUT2D eigenvalue weighted by molar-refractivity contribution is 6.04. The maximum Gasteiger partial charge on any atom is 0.272 e. The van der Waals surface area contributed by atoms with Crippen molar-refractivity contribution in [1.29, 1.82) is 0 Å². The van der Waals surface area contributed by atoms with Crippen LogP contribution < -0.4 is 16.2 Å². The lowest BCUT2D eigenvalue weighted by molar-refractivity contribution is 0.0925. The lowest BCUT2D eigenvalue weighted by Crippen LogP contribution is -2.35. The Kier molecular flexibility index (Phi) is 4.93. The molecule has 0 unspecified atom stereocenters. The zero-order chi connectivity index (χ0) is 18.5. The van der Waals surface area contributed by atoms with Crippen LogP contribution in [0.15, 0.2) is 53.3 Å². The first kappa shape index (κ1) is 17.2. The molecule has 1 aromatic heterocycles. The number of nitrogens with zero attached hydrogens (tertiary/aromatic N) is 1. The zero-order valence-corrected chi connectivity index (χ0v) is 13.7. The smallest absolute Gasteiger partial charge is 0.272 e. The van der Waals surface area contributed by atoms with Crippen LogP contribution in [0.4, 0.5) is 0 Å². The van der Waals surface area contributed by atoms with Crippen LogP contribution in [0, 0.1) is 0 Å². The Morgan fingerprint density at radius 3 is 2.23 bits per heavy atom. The van der Waals surface area contributed by atoms with E-state index in [1.807, 2.05) is 0 Å². The van der Waals surface area contributed by atoms with Gasteiger partial charge in [0.2, 0.25) is 0 Å². The van der Waals surface area contributed by atoms with E-state index in [4.69, 9.17) is 0 Å². The van der Waals surface area contributed by atoms with Crippen LogP contribution in [-0.2, 0) is 0 Å². The van der Waals surface area contributed by atoms with E-state index in [2.05, 4.69) is 20.8 Å². The molecule has 0 saturated heterocycles. The second-order valence-electron chi connectivity index (χ2n) is 5.51. The standard InChI is InChI=1S/C18H16N4O4/c23-12-7-5-11(6-8-12)16(24)19-9-10-20-18(26)15-13-3-1-2-4-14(13)17(25)22-21-15/h1-8,23H,9-10H2,(H,19,24)(H,20,26)(H,22,25). The Balaban J connectivity index is 1.58. The van der Waals surface area contributed by atoms with Crippen molar-refractivity contribution in [2.24, 2.45) is 0 Å². The molecule has 1 heterocycles. The van der Waals surface area contributed by atoms with Crippen molar-refractivity contribution < 1.29 is 14.7 Å². The molecule has 3 rings (SSSR count). The summed E-state index contributed by atoms with van der Waals surface area (Å²) in [5.41, 5.74) is 0.158. The van der Waals surface area contributed by atoms with Crippen LogP contribution in [0.1, 0.15) is 20.8 Å². The van der Waals surface area contributed by atoms with Gasteiger partial charge >= 0.3 is 0 Å². The van der Waals surface area contributed by atoms with Crippen molar-refractivity contribution >= 4 is 22.6 Å². The van der Waals surface area contributed by atoms with Gasteiger partial charge in [-0.3, -0.25) is 14.4 Å².